The summed E-state index contributed by atoms with van der Waals surface area (Å²) in [7, 11) is 0. The Balaban J connectivity index is 2.00. The number of hydrogen-bond donors (Lipinski definition) is 1. The number of aryl methyl sites for hydroxylation is 2. The smallest absolute Gasteiger partial charge is 0.0828 e. The van der Waals surface area contributed by atoms with Gasteiger partial charge in [-0.25, -0.2) is 0 Å². The number of rotatable bonds is 3. The fourth-order valence-electron chi connectivity index (χ4n) is 1.66. The van der Waals surface area contributed by atoms with Crippen molar-refractivity contribution in [1.29, 1.82) is 0 Å². The monoisotopic (exact) mass is 191 g/mol. The van der Waals surface area contributed by atoms with Crippen molar-refractivity contribution >= 4 is 0 Å². The second-order valence-corrected chi connectivity index (χ2v) is 3.96. The molecule has 76 valence electrons. The molecule has 0 saturated carbocycles. The third-order valence-corrected chi connectivity index (χ3v) is 2.85. The van der Waals surface area contributed by atoms with Crippen LogP contribution in [0.4, 0.5) is 0 Å². The fraction of sp³-hybridized carbons (Fsp3) is 0.500. The zero-order valence-corrected chi connectivity index (χ0v) is 8.84. The molecule has 0 atom stereocenters. The van der Waals surface area contributed by atoms with Crippen LogP contribution in [-0.4, -0.2) is 19.2 Å². The van der Waals surface area contributed by atoms with Crippen LogP contribution in [0.1, 0.15) is 16.7 Å². The lowest BCUT2D eigenvalue weighted by molar-refractivity contribution is 0.00716. The van der Waals surface area contributed by atoms with Gasteiger partial charge in [0.15, 0.2) is 0 Å². The van der Waals surface area contributed by atoms with E-state index in [0.29, 0.717) is 6.10 Å². The molecule has 1 fully saturated rings. The van der Waals surface area contributed by atoms with E-state index in [1.54, 1.807) is 0 Å². The number of nitrogens with one attached hydrogen (secondary N) is 1. The quantitative estimate of drug-likeness (QED) is 0.786. The summed E-state index contributed by atoms with van der Waals surface area (Å²) in [6.07, 6.45) is 0.425. The Kier molecular flexibility index (Phi) is 2.85. The van der Waals surface area contributed by atoms with Gasteiger partial charge in [0, 0.05) is 13.1 Å². The first-order valence-electron chi connectivity index (χ1n) is 5.15. The summed E-state index contributed by atoms with van der Waals surface area (Å²) < 4.78 is 5.76. The maximum atomic E-state index is 5.76. The van der Waals surface area contributed by atoms with E-state index in [0.717, 1.165) is 19.7 Å². The van der Waals surface area contributed by atoms with Crippen LogP contribution in [0, 0.1) is 13.8 Å². The summed E-state index contributed by atoms with van der Waals surface area (Å²) in [6, 6.07) is 6.38. The first-order valence-corrected chi connectivity index (χ1v) is 5.15. The molecule has 1 saturated heterocycles. The molecule has 1 aromatic carbocycles. The summed E-state index contributed by atoms with van der Waals surface area (Å²) >= 11 is 0. The van der Waals surface area contributed by atoms with Crippen molar-refractivity contribution < 1.29 is 4.74 Å². The van der Waals surface area contributed by atoms with Gasteiger partial charge in [0.05, 0.1) is 12.7 Å². The van der Waals surface area contributed by atoms with E-state index in [1.165, 1.54) is 16.7 Å². The largest absolute Gasteiger partial charge is 0.371 e. The molecular formula is C12H17NO. The van der Waals surface area contributed by atoms with Crippen molar-refractivity contribution in [3.05, 3.63) is 34.9 Å². The molecule has 0 spiro atoms. The van der Waals surface area contributed by atoms with Crippen molar-refractivity contribution in [3.8, 4) is 0 Å². The summed E-state index contributed by atoms with van der Waals surface area (Å²) in [6.45, 7) is 7.05. The minimum atomic E-state index is 0.425. The lowest BCUT2D eigenvalue weighted by atomic mass is 10.0. The topological polar surface area (TPSA) is 21.3 Å². The highest BCUT2D eigenvalue weighted by molar-refractivity contribution is 5.32. The van der Waals surface area contributed by atoms with Crippen LogP contribution < -0.4 is 5.32 Å². The molecule has 1 N–H and O–H groups in total. The highest BCUT2D eigenvalue weighted by Gasteiger charge is 2.17. The van der Waals surface area contributed by atoms with Gasteiger partial charge in [-0.3, -0.25) is 0 Å². The van der Waals surface area contributed by atoms with Crippen molar-refractivity contribution in [2.75, 3.05) is 13.1 Å². The molecule has 1 aromatic rings. The minimum Gasteiger partial charge on any atom is -0.371 e. The van der Waals surface area contributed by atoms with Crippen molar-refractivity contribution in [2.45, 2.75) is 26.6 Å². The molecule has 0 amide bonds. The minimum absolute atomic E-state index is 0.425. The molecule has 1 aliphatic rings. The molecule has 0 aliphatic carbocycles. The van der Waals surface area contributed by atoms with Crippen LogP contribution in [0.2, 0.25) is 0 Å². The van der Waals surface area contributed by atoms with E-state index in [2.05, 4.69) is 37.4 Å². The van der Waals surface area contributed by atoms with Gasteiger partial charge in [0.25, 0.3) is 0 Å². The Labute approximate surface area is 85.3 Å². The molecule has 1 heterocycles. The molecule has 2 rings (SSSR count). The van der Waals surface area contributed by atoms with Crippen LogP contribution >= 0.6 is 0 Å². The molecule has 0 unspecified atom stereocenters. The predicted molar refractivity (Wildman–Crippen MR) is 57.4 cm³/mol. The third-order valence-electron chi connectivity index (χ3n) is 2.85. The Hall–Kier alpha value is -0.860. The Bertz CT molecular complexity index is 298. The fourth-order valence-corrected chi connectivity index (χ4v) is 1.66. The highest BCUT2D eigenvalue weighted by Crippen LogP contribution is 2.15. The second kappa shape index (κ2) is 4.11. The van der Waals surface area contributed by atoms with Crippen molar-refractivity contribution in [2.24, 2.45) is 0 Å². The molecule has 0 radical (unpaired) electrons. The lowest BCUT2D eigenvalue weighted by Crippen LogP contribution is -2.48. The van der Waals surface area contributed by atoms with E-state index in [-0.39, 0.29) is 0 Å². The molecule has 14 heavy (non-hydrogen) atoms. The van der Waals surface area contributed by atoms with Gasteiger partial charge in [-0.05, 0) is 30.5 Å². The number of hydrogen-bond acceptors (Lipinski definition) is 2. The van der Waals surface area contributed by atoms with Gasteiger partial charge in [0.1, 0.15) is 0 Å². The van der Waals surface area contributed by atoms with E-state index in [1.807, 2.05) is 0 Å². The van der Waals surface area contributed by atoms with Gasteiger partial charge in [-0.2, -0.15) is 0 Å². The van der Waals surface area contributed by atoms with Crippen LogP contribution in [-0.2, 0) is 11.3 Å². The van der Waals surface area contributed by atoms with E-state index in [9.17, 15) is 0 Å². The Morgan fingerprint density at radius 2 is 1.93 bits per heavy atom. The average molecular weight is 191 g/mol. The summed E-state index contributed by atoms with van der Waals surface area (Å²) in [5.41, 5.74) is 4.01. The standard InChI is InChI=1S/C12H17NO/c1-9-4-3-5-10(2)12(9)8-14-11-6-13-7-11/h3-5,11,13H,6-8H2,1-2H3. The number of ether oxygens (including phenoxy) is 1. The molecule has 0 aromatic heterocycles. The van der Waals surface area contributed by atoms with Gasteiger partial charge < -0.3 is 10.1 Å². The summed E-state index contributed by atoms with van der Waals surface area (Å²) in [5.74, 6) is 0. The van der Waals surface area contributed by atoms with Gasteiger partial charge in [-0.15, -0.1) is 0 Å². The van der Waals surface area contributed by atoms with Gasteiger partial charge in [-0.1, -0.05) is 18.2 Å². The first-order chi connectivity index (χ1) is 6.77. The summed E-state index contributed by atoms with van der Waals surface area (Å²) in [5, 5.41) is 3.20. The summed E-state index contributed by atoms with van der Waals surface area (Å²) in [4.78, 5) is 0. The number of benzene rings is 1. The second-order valence-electron chi connectivity index (χ2n) is 3.96. The SMILES string of the molecule is Cc1cccc(C)c1COC1CNC1. The van der Waals surface area contributed by atoms with Crippen LogP contribution in [0.3, 0.4) is 0 Å². The third kappa shape index (κ3) is 1.97. The molecule has 0 bridgehead atoms. The predicted octanol–water partition coefficient (Wildman–Crippen LogP) is 1.79. The molecular weight excluding hydrogens is 174 g/mol. The highest BCUT2D eigenvalue weighted by atomic mass is 16.5. The normalized spacial score (nSPS) is 16.7. The zero-order valence-electron chi connectivity index (χ0n) is 8.84. The Morgan fingerprint density at radius 1 is 1.29 bits per heavy atom. The van der Waals surface area contributed by atoms with Crippen molar-refractivity contribution in [1.82, 2.24) is 5.32 Å². The van der Waals surface area contributed by atoms with Gasteiger partial charge in [0.2, 0.25) is 0 Å². The van der Waals surface area contributed by atoms with Gasteiger partial charge >= 0.3 is 0 Å². The molecule has 2 nitrogen and oxygen atoms in total. The van der Waals surface area contributed by atoms with E-state index in [4.69, 9.17) is 4.74 Å². The zero-order chi connectivity index (χ0) is 9.97. The first kappa shape index (κ1) is 9.69. The lowest BCUT2D eigenvalue weighted by Gasteiger charge is -2.27. The maximum Gasteiger partial charge on any atom is 0.0828 e. The Morgan fingerprint density at radius 3 is 2.43 bits per heavy atom. The average Bonchev–Trinajstić information content (AvgIpc) is 2.07. The maximum absolute atomic E-state index is 5.76. The van der Waals surface area contributed by atoms with Crippen LogP contribution in [0.5, 0.6) is 0 Å². The van der Waals surface area contributed by atoms with E-state index < -0.39 is 0 Å². The van der Waals surface area contributed by atoms with Crippen molar-refractivity contribution in [3.63, 3.8) is 0 Å². The van der Waals surface area contributed by atoms with E-state index >= 15 is 0 Å². The molecule has 1 aliphatic heterocycles. The molecule has 2 heteroatoms. The van der Waals surface area contributed by atoms with Crippen LogP contribution in [0.25, 0.3) is 0 Å². The van der Waals surface area contributed by atoms with Crippen LogP contribution in [0.15, 0.2) is 18.2 Å².